The SMILES string of the molecule is CCC(CC)N1C(=O)CC(NCCCCOC(C)C)C1=O. The number of imide groups is 1. The van der Waals surface area contributed by atoms with Gasteiger partial charge < -0.3 is 10.1 Å². The molecule has 1 fully saturated rings. The molecule has 21 heavy (non-hydrogen) atoms. The van der Waals surface area contributed by atoms with E-state index in [1.165, 1.54) is 4.90 Å². The summed E-state index contributed by atoms with van der Waals surface area (Å²) in [5, 5.41) is 3.22. The van der Waals surface area contributed by atoms with E-state index in [2.05, 4.69) is 5.32 Å². The first-order chi connectivity index (χ1) is 10.0. The van der Waals surface area contributed by atoms with Crippen molar-refractivity contribution in [2.45, 2.75) is 78.0 Å². The lowest BCUT2D eigenvalue weighted by molar-refractivity contribution is -0.141. The van der Waals surface area contributed by atoms with Crippen molar-refractivity contribution in [2.24, 2.45) is 0 Å². The zero-order chi connectivity index (χ0) is 15.8. The molecule has 0 aromatic carbocycles. The summed E-state index contributed by atoms with van der Waals surface area (Å²) in [6.07, 6.45) is 4.14. The van der Waals surface area contributed by atoms with Crippen molar-refractivity contribution >= 4 is 11.8 Å². The van der Waals surface area contributed by atoms with Crippen LogP contribution in [0.25, 0.3) is 0 Å². The number of nitrogens with zero attached hydrogens (tertiary/aromatic N) is 1. The number of rotatable bonds is 10. The Labute approximate surface area is 128 Å². The molecule has 0 bridgehead atoms. The molecular weight excluding hydrogens is 268 g/mol. The number of likely N-dealkylation sites (tertiary alicyclic amines) is 1. The summed E-state index contributed by atoms with van der Waals surface area (Å²) in [5.74, 6) is -0.0820. The van der Waals surface area contributed by atoms with Crippen molar-refractivity contribution in [3.63, 3.8) is 0 Å². The quantitative estimate of drug-likeness (QED) is 0.496. The number of nitrogens with one attached hydrogen (secondary N) is 1. The lowest BCUT2D eigenvalue weighted by atomic mass is 10.1. The molecule has 0 aromatic heterocycles. The van der Waals surface area contributed by atoms with Gasteiger partial charge in [0, 0.05) is 12.6 Å². The maximum Gasteiger partial charge on any atom is 0.247 e. The van der Waals surface area contributed by atoms with Crippen LogP contribution in [0, 0.1) is 0 Å². The Morgan fingerprint density at radius 3 is 2.48 bits per heavy atom. The van der Waals surface area contributed by atoms with Gasteiger partial charge in [0.2, 0.25) is 11.8 Å². The number of hydrogen-bond donors (Lipinski definition) is 1. The number of amides is 2. The average molecular weight is 298 g/mol. The minimum Gasteiger partial charge on any atom is -0.379 e. The number of ether oxygens (including phenoxy) is 1. The molecule has 0 saturated carbocycles. The predicted octanol–water partition coefficient (Wildman–Crippen LogP) is 2.10. The Balaban J connectivity index is 2.31. The van der Waals surface area contributed by atoms with E-state index in [-0.39, 0.29) is 30.0 Å². The standard InChI is InChI=1S/C16H30N2O3/c1-5-13(6-2)18-15(19)11-14(16(18)20)17-9-7-8-10-21-12(3)4/h12-14,17H,5-11H2,1-4H3. The summed E-state index contributed by atoms with van der Waals surface area (Å²) < 4.78 is 5.47. The van der Waals surface area contributed by atoms with E-state index >= 15 is 0 Å². The maximum absolute atomic E-state index is 12.3. The highest BCUT2D eigenvalue weighted by atomic mass is 16.5. The van der Waals surface area contributed by atoms with Gasteiger partial charge in [0.05, 0.1) is 18.6 Å². The van der Waals surface area contributed by atoms with Crippen LogP contribution >= 0.6 is 0 Å². The fraction of sp³-hybridized carbons (Fsp3) is 0.875. The molecule has 0 aromatic rings. The van der Waals surface area contributed by atoms with Crippen molar-refractivity contribution in [3.8, 4) is 0 Å². The van der Waals surface area contributed by atoms with Gasteiger partial charge in [0.1, 0.15) is 0 Å². The predicted molar refractivity (Wildman–Crippen MR) is 83.0 cm³/mol. The van der Waals surface area contributed by atoms with E-state index in [1.807, 2.05) is 27.7 Å². The van der Waals surface area contributed by atoms with Crippen LogP contribution in [-0.2, 0) is 14.3 Å². The lowest BCUT2D eigenvalue weighted by Crippen LogP contribution is -2.43. The highest BCUT2D eigenvalue weighted by Crippen LogP contribution is 2.20. The molecule has 0 radical (unpaired) electrons. The monoisotopic (exact) mass is 298 g/mol. The first kappa shape index (κ1) is 18.1. The topological polar surface area (TPSA) is 58.6 Å². The molecule has 5 heteroatoms. The van der Waals surface area contributed by atoms with Gasteiger partial charge in [-0.1, -0.05) is 13.8 Å². The van der Waals surface area contributed by atoms with Crippen molar-refractivity contribution in [3.05, 3.63) is 0 Å². The van der Waals surface area contributed by atoms with E-state index in [9.17, 15) is 9.59 Å². The fourth-order valence-electron chi connectivity index (χ4n) is 2.67. The summed E-state index contributed by atoms with van der Waals surface area (Å²) in [6, 6.07) is -0.277. The molecule has 2 amide bonds. The van der Waals surface area contributed by atoms with Crippen LogP contribution in [0.1, 0.15) is 59.8 Å². The number of carbonyl (C=O) groups is 2. The molecular formula is C16H30N2O3. The molecule has 0 spiro atoms. The van der Waals surface area contributed by atoms with Crippen LogP contribution in [0.2, 0.25) is 0 Å². The molecule has 0 aliphatic carbocycles. The number of carbonyl (C=O) groups excluding carboxylic acids is 2. The van der Waals surface area contributed by atoms with E-state index in [0.29, 0.717) is 6.42 Å². The second kappa shape index (κ2) is 9.15. The molecule has 1 unspecified atom stereocenters. The first-order valence-electron chi connectivity index (χ1n) is 8.22. The van der Waals surface area contributed by atoms with Gasteiger partial charge in [0.15, 0.2) is 0 Å². The Hall–Kier alpha value is -0.940. The third kappa shape index (κ3) is 5.40. The minimum atomic E-state index is -0.330. The van der Waals surface area contributed by atoms with Gasteiger partial charge in [0.25, 0.3) is 0 Å². The normalized spacial score (nSPS) is 19.3. The third-order valence-electron chi connectivity index (χ3n) is 3.90. The highest BCUT2D eigenvalue weighted by molar-refractivity contribution is 6.05. The van der Waals surface area contributed by atoms with Crippen LogP contribution in [0.4, 0.5) is 0 Å². The number of hydrogen-bond acceptors (Lipinski definition) is 4. The van der Waals surface area contributed by atoms with E-state index in [0.717, 1.165) is 38.8 Å². The van der Waals surface area contributed by atoms with Gasteiger partial charge in [-0.2, -0.15) is 0 Å². The zero-order valence-electron chi connectivity index (χ0n) is 13.9. The average Bonchev–Trinajstić information content (AvgIpc) is 2.71. The van der Waals surface area contributed by atoms with Gasteiger partial charge in [-0.15, -0.1) is 0 Å². The van der Waals surface area contributed by atoms with Crippen LogP contribution in [0.15, 0.2) is 0 Å². The second-order valence-corrected chi connectivity index (χ2v) is 5.91. The third-order valence-corrected chi connectivity index (χ3v) is 3.90. The Morgan fingerprint density at radius 1 is 1.24 bits per heavy atom. The van der Waals surface area contributed by atoms with Crippen molar-refractivity contribution in [1.29, 1.82) is 0 Å². The van der Waals surface area contributed by atoms with Gasteiger partial charge >= 0.3 is 0 Å². The maximum atomic E-state index is 12.3. The molecule has 1 saturated heterocycles. The summed E-state index contributed by atoms with van der Waals surface area (Å²) in [5.41, 5.74) is 0. The zero-order valence-corrected chi connectivity index (χ0v) is 13.9. The molecule has 122 valence electrons. The summed E-state index contributed by atoms with van der Waals surface area (Å²) in [7, 11) is 0. The van der Waals surface area contributed by atoms with Crippen molar-refractivity contribution < 1.29 is 14.3 Å². The summed E-state index contributed by atoms with van der Waals surface area (Å²) >= 11 is 0. The Kier molecular flexibility index (Phi) is 7.89. The molecule has 1 heterocycles. The van der Waals surface area contributed by atoms with Crippen LogP contribution in [0.5, 0.6) is 0 Å². The summed E-state index contributed by atoms with van der Waals surface area (Å²) in [6.45, 7) is 9.58. The van der Waals surface area contributed by atoms with Crippen LogP contribution < -0.4 is 5.32 Å². The minimum absolute atomic E-state index is 0.0330. The van der Waals surface area contributed by atoms with Gasteiger partial charge in [-0.05, 0) is 46.1 Å². The lowest BCUT2D eigenvalue weighted by Gasteiger charge is -2.24. The van der Waals surface area contributed by atoms with E-state index in [4.69, 9.17) is 4.74 Å². The molecule has 1 N–H and O–H groups in total. The van der Waals surface area contributed by atoms with Crippen LogP contribution in [-0.4, -0.2) is 48.1 Å². The van der Waals surface area contributed by atoms with E-state index < -0.39 is 0 Å². The second-order valence-electron chi connectivity index (χ2n) is 5.91. The largest absolute Gasteiger partial charge is 0.379 e. The Bertz CT molecular complexity index is 340. The molecule has 1 aliphatic heterocycles. The molecule has 5 nitrogen and oxygen atoms in total. The fourth-order valence-corrected chi connectivity index (χ4v) is 2.67. The van der Waals surface area contributed by atoms with Crippen molar-refractivity contribution in [2.75, 3.05) is 13.2 Å². The van der Waals surface area contributed by atoms with E-state index in [1.54, 1.807) is 0 Å². The Morgan fingerprint density at radius 2 is 1.90 bits per heavy atom. The summed E-state index contributed by atoms with van der Waals surface area (Å²) in [4.78, 5) is 25.8. The molecule has 1 aliphatic rings. The molecule has 1 atom stereocenters. The smallest absolute Gasteiger partial charge is 0.247 e. The molecule has 1 rings (SSSR count). The van der Waals surface area contributed by atoms with Crippen LogP contribution in [0.3, 0.4) is 0 Å². The number of unbranched alkanes of at least 4 members (excludes halogenated alkanes) is 1. The van der Waals surface area contributed by atoms with Crippen molar-refractivity contribution in [1.82, 2.24) is 10.2 Å². The highest BCUT2D eigenvalue weighted by Gasteiger charge is 2.40. The van der Waals surface area contributed by atoms with Gasteiger partial charge in [-0.3, -0.25) is 14.5 Å². The first-order valence-corrected chi connectivity index (χ1v) is 8.22. The van der Waals surface area contributed by atoms with Gasteiger partial charge in [-0.25, -0.2) is 0 Å².